The monoisotopic (exact) mass is 477 g/mol. The lowest BCUT2D eigenvalue weighted by Crippen LogP contribution is -2.32. The van der Waals surface area contributed by atoms with Crippen molar-refractivity contribution in [2.75, 3.05) is 20.3 Å². The van der Waals surface area contributed by atoms with E-state index in [9.17, 15) is 4.79 Å². The molecule has 2 heterocycles. The van der Waals surface area contributed by atoms with Crippen LogP contribution in [0.3, 0.4) is 0 Å². The molecule has 2 saturated heterocycles. The average Bonchev–Trinajstić information content (AvgIpc) is 2.97. The molecule has 0 aliphatic carbocycles. The molecule has 0 radical (unpaired) electrons. The number of esters is 1. The second kappa shape index (κ2) is 11.0. The topological polar surface area (TPSA) is 48.0 Å². The number of halogens is 2. The van der Waals surface area contributed by atoms with Crippen LogP contribution < -0.4 is 0 Å². The molecule has 2 fully saturated rings. The number of hydrogen-bond donors (Lipinski definition) is 0. The van der Waals surface area contributed by atoms with Crippen molar-refractivity contribution in [2.24, 2.45) is 5.92 Å². The van der Waals surface area contributed by atoms with Crippen LogP contribution in [-0.4, -0.2) is 37.4 Å². The lowest BCUT2D eigenvalue weighted by molar-refractivity contribution is -0.144. The highest BCUT2D eigenvalue weighted by molar-refractivity contribution is 7.94. The Morgan fingerprint density at radius 2 is 1.94 bits per heavy atom. The molecule has 0 saturated carbocycles. The van der Waals surface area contributed by atoms with Crippen LogP contribution in [0.1, 0.15) is 54.0 Å². The summed E-state index contributed by atoms with van der Waals surface area (Å²) in [5, 5.41) is 1.88. The maximum absolute atomic E-state index is 15.1. The average molecular weight is 478 g/mol. The van der Waals surface area contributed by atoms with E-state index in [1.54, 1.807) is 5.06 Å². The van der Waals surface area contributed by atoms with E-state index in [0.717, 1.165) is 18.9 Å². The lowest BCUT2D eigenvalue weighted by Gasteiger charge is -2.29. The Bertz CT molecular complexity index is 957. The third-order valence-electron chi connectivity index (χ3n) is 6.39. The number of ether oxygens (including phenoxy) is 2. The predicted octanol–water partition coefficient (Wildman–Crippen LogP) is 5.56. The minimum absolute atomic E-state index is 0.0262. The molecule has 8 heteroatoms. The molecule has 2 aliphatic rings. The van der Waals surface area contributed by atoms with Gasteiger partial charge in [-0.2, -0.15) is 5.06 Å². The molecule has 2 aromatic carbocycles. The van der Waals surface area contributed by atoms with Gasteiger partial charge in [-0.3, -0.25) is 4.79 Å². The van der Waals surface area contributed by atoms with Gasteiger partial charge in [-0.25, -0.2) is 13.1 Å². The quantitative estimate of drug-likeness (QED) is 0.384. The Kier molecular flexibility index (Phi) is 8.01. The Hall–Kier alpha value is -2.00. The zero-order valence-corrected chi connectivity index (χ0v) is 19.7. The van der Waals surface area contributed by atoms with Crippen molar-refractivity contribution in [1.82, 2.24) is 5.06 Å². The van der Waals surface area contributed by atoms with Crippen molar-refractivity contribution in [3.05, 3.63) is 70.8 Å². The minimum Gasteiger partial charge on any atom is -0.469 e. The molecule has 2 aromatic rings. The fourth-order valence-electron chi connectivity index (χ4n) is 4.24. The number of hydroxylamine groups is 2. The Balaban J connectivity index is 1.48. The fourth-order valence-corrected chi connectivity index (χ4v) is 5.16. The number of benzene rings is 2. The van der Waals surface area contributed by atoms with Gasteiger partial charge in [0.2, 0.25) is 0 Å². The summed E-state index contributed by atoms with van der Waals surface area (Å²) in [6.07, 6.45) is 2.16. The van der Waals surface area contributed by atoms with E-state index < -0.39 is 23.5 Å². The van der Waals surface area contributed by atoms with Gasteiger partial charge in [0.15, 0.2) is 0 Å². The fraction of sp³-hybridized carbons (Fsp3) is 0.480. The van der Waals surface area contributed by atoms with Gasteiger partial charge in [0.25, 0.3) is 0 Å². The molecule has 0 amide bonds. The molecule has 0 spiro atoms. The number of hydrogen-bond acceptors (Lipinski definition) is 6. The SMILES string of the molecule is COC(=O)C(CC1COC1)c1cc(F)c(CN2OSC(c3ccccc3)CC[C@@H]2C)cc1F. The van der Waals surface area contributed by atoms with Crippen LogP contribution in [0.4, 0.5) is 8.78 Å². The summed E-state index contributed by atoms with van der Waals surface area (Å²) in [5.41, 5.74) is 1.40. The van der Waals surface area contributed by atoms with Crippen molar-refractivity contribution in [3.8, 4) is 0 Å². The summed E-state index contributed by atoms with van der Waals surface area (Å²) >= 11 is 1.35. The Morgan fingerprint density at radius 3 is 2.61 bits per heavy atom. The second-order valence-corrected chi connectivity index (χ2v) is 9.66. The van der Waals surface area contributed by atoms with Gasteiger partial charge in [-0.05, 0) is 43.9 Å². The predicted molar refractivity (Wildman–Crippen MR) is 122 cm³/mol. The molecule has 2 aliphatic heterocycles. The Labute approximate surface area is 197 Å². The highest BCUT2D eigenvalue weighted by Gasteiger charge is 2.32. The van der Waals surface area contributed by atoms with E-state index >= 15 is 8.78 Å². The largest absolute Gasteiger partial charge is 0.469 e. The molecule has 178 valence electrons. The van der Waals surface area contributed by atoms with E-state index in [0.29, 0.717) is 19.6 Å². The van der Waals surface area contributed by atoms with E-state index in [1.807, 2.05) is 25.1 Å². The van der Waals surface area contributed by atoms with Crippen LogP contribution in [0, 0.1) is 17.6 Å². The van der Waals surface area contributed by atoms with Crippen LogP contribution in [0.2, 0.25) is 0 Å². The summed E-state index contributed by atoms with van der Waals surface area (Å²) in [5.74, 6) is -2.46. The molecule has 33 heavy (non-hydrogen) atoms. The van der Waals surface area contributed by atoms with Crippen LogP contribution in [-0.2, 0) is 25.1 Å². The highest BCUT2D eigenvalue weighted by Crippen LogP contribution is 2.39. The molecule has 4 rings (SSSR count). The van der Waals surface area contributed by atoms with Crippen LogP contribution in [0.5, 0.6) is 0 Å². The summed E-state index contributed by atoms with van der Waals surface area (Å²) < 4.78 is 46.2. The summed E-state index contributed by atoms with van der Waals surface area (Å²) in [6, 6.07) is 12.5. The van der Waals surface area contributed by atoms with Crippen molar-refractivity contribution >= 4 is 18.0 Å². The molecule has 2 unspecified atom stereocenters. The van der Waals surface area contributed by atoms with Crippen molar-refractivity contribution < 1.29 is 27.3 Å². The smallest absolute Gasteiger partial charge is 0.313 e. The van der Waals surface area contributed by atoms with Gasteiger partial charge >= 0.3 is 5.97 Å². The van der Waals surface area contributed by atoms with Crippen molar-refractivity contribution in [2.45, 2.75) is 49.9 Å². The van der Waals surface area contributed by atoms with E-state index in [1.165, 1.54) is 30.8 Å². The first kappa shape index (κ1) is 24.1. The summed E-state index contributed by atoms with van der Waals surface area (Å²) in [4.78, 5) is 12.3. The van der Waals surface area contributed by atoms with Gasteiger partial charge in [0, 0.05) is 35.1 Å². The standard InChI is InChI=1S/C25H29F2NO4S/c1-16-8-9-24(18-6-4-3-5-7-18)33-32-28(16)13-19-11-23(27)20(12-22(19)26)21(25(29)30-2)10-17-14-31-15-17/h3-7,11-12,16-17,21,24H,8-10,13-15H2,1-2H3/t16-,21?,24?/m0/s1. The van der Waals surface area contributed by atoms with Crippen LogP contribution in [0.15, 0.2) is 42.5 Å². The number of carbonyl (C=O) groups excluding carboxylic acids is 1. The van der Waals surface area contributed by atoms with Gasteiger partial charge in [0.1, 0.15) is 11.6 Å². The number of rotatable bonds is 7. The van der Waals surface area contributed by atoms with E-state index in [4.69, 9.17) is 13.8 Å². The van der Waals surface area contributed by atoms with Crippen molar-refractivity contribution in [1.29, 1.82) is 0 Å². The highest BCUT2D eigenvalue weighted by atomic mass is 32.2. The first-order valence-electron chi connectivity index (χ1n) is 11.2. The van der Waals surface area contributed by atoms with Gasteiger partial charge in [-0.1, -0.05) is 30.3 Å². The molecule has 0 N–H and O–H groups in total. The second-order valence-electron chi connectivity index (χ2n) is 8.75. The zero-order chi connectivity index (χ0) is 23.4. The minimum atomic E-state index is -0.858. The van der Waals surface area contributed by atoms with Crippen molar-refractivity contribution in [3.63, 3.8) is 0 Å². The summed E-state index contributed by atoms with van der Waals surface area (Å²) in [6.45, 7) is 3.16. The molecule has 3 atom stereocenters. The first-order valence-corrected chi connectivity index (χ1v) is 12.0. The van der Waals surface area contributed by atoms with Crippen LogP contribution >= 0.6 is 12.0 Å². The number of nitrogens with zero attached hydrogens (tertiary/aromatic N) is 1. The molecule has 0 bridgehead atoms. The maximum atomic E-state index is 15.1. The van der Waals surface area contributed by atoms with Gasteiger partial charge in [0.05, 0.1) is 38.0 Å². The number of methoxy groups -OCH3 is 1. The normalized spacial score (nSPS) is 22.9. The Morgan fingerprint density at radius 1 is 1.18 bits per heavy atom. The third-order valence-corrected chi connectivity index (χ3v) is 7.41. The first-order chi connectivity index (χ1) is 16.0. The zero-order valence-electron chi connectivity index (χ0n) is 18.8. The third kappa shape index (κ3) is 5.74. The van der Waals surface area contributed by atoms with E-state index in [-0.39, 0.29) is 34.9 Å². The molecule has 5 nitrogen and oxygen atoms in total. The molecule has 0 aromatic heterocycles. The maximum Gasteiger partial charge on any atom is 0.313 e. The van der Waals surface area contributed by atoms with Crippen LogP contribution in [0.25, 0.3) is 0 Å². The van der Waals surface area contributed by atoms with E-state index in [2.05, 4.69) is 12.1 Å². The molecular weight excluding hydrogens is 448 g/mol. The number of carbonyl (C=O) groups is 1. The van der Waals surface area contributed by atoms with Gasteiger partial charge in [-0.15, -0.1) is 0 Å². The van der Waals surface area contributed by atoms with Gasteiger partial charge < -0.3 is 9.47 Å². The lowest BCUT2D eigenvalue weighted by atomic mass is 9.87. The summed E-state index contributed by atoms with van der Waals surface area (Å²) in [7, 11) is 1.26. The molecular formula is C25H29F2NO4S.